The summed E-state index contributed by atoms with van der Waals surface area (Å²) >= 11 is 0. The van der Waals surface area contributed by atoms with Gasteiger partial charge in [0.25, 0.3) is 10.1 Å². The summed E-state index contributed by atoms with van der Waals surface area (Å²) < 4.78 is 54.0. The van der Waals surface area contributed by atoms with Gasteiger partial charge in [-0.2, -0.15) is 8.42 Å². The molecule has 1 heterocycles. The van der Waals surface area contributed by atoms with Crippen molar-refractivity contribution in [3.05, 3.63) is 48.6 Å². The fraction of sp³-hybridized carbons (Fsp3) is 0.787. The van der Waals surface area contributed by atoms with E-state index >= 15 is 0 Å². The number of hydrogen-bond acceptors (Lipinski definition) is 11. The minimum absolute atomic E-state index is 0.114. The Kier molecular flexibility index (Phi) is 34.5. The molecule has 0 bridgehead atoms. The van der Waals surface area contributed by atoms with Crippen LogP contribution >= 0.6 is 0 Å². The van der Waals surface area contributed by atoms with Gasteiger partial charge in [-0.25, -0.2) is 0 Å². The largest absolute Gasteiger partial charge is 0.462 e. The molecule has 0 amide bonds. The Morgan fingerprint density at radius 2 is 1.00 bits per heavy atom. The first-order valence-corrected chi connectivity index (χ1v) is 24.8. The Balaban J connectivity index is 2.46. The number of allylic oxidation sites excluding steroid dienone is 8. The van der Waals surface area contributed by atoms with E-state index in [0.717, 1.165) is 51.4 Å². The van der Waals surface area contributed by atoms with Crippen molar-refractivity contribution in [1.29, 1.82) is 0 Å². The second-order valence-electron chi connectivity index (χ2n) is 16.1. The zero-order chi connectivity index (χ0) is 44.1. The third-order valence-electron chi connectivity index (χ3n) is 10.4. The zero-order valence-corrected chi connectivity index (χ0v) is 37.9. The lowest BCUT2D eigenvalue weighted by Gasteiger charge is -2.40. The van der Waals surface area contributed by atoms with Crippen molar-refractivity contribution in [2.24, 2.45) is 0 Å². The summed E-state index contributed by atoms with van der Waals surface area (Å²) in [6.45, 7) is 3.68. The molecule has 2 unspecified atom stereocenters. The molecule has 60 heavy (non-hydrogen) atoms. The van der Waals surface area contributed by atoms with Crippen LogP contribution in [0.15, 0.2) is 48.6 Å². The van der Waals surface area contributed by atoms with E-state index in [0.29, 0.717) is 12.8 Å². The van der Waals surface area contributed by atoms with Gasteiger partial charge in [0, 0.05) is 12.8 Å². The van der Waals surface area contributed by atoms with Crippen molar-refractivity contribution in [2.45, 2.75) is 218 Å². The Bertz CT molecular complexity index is 1300. The van der Waals surface area contributed by atoms with Crippen molar-refractivity contribution >= 4 is 22.1 Å². The summed E-state index contributed by atoms with van der Waals surface area (Å²) in [6.07, 6.45) is 34.4. The standard InChI is InChI=1S/C47H82O12S/c1-3-5-7-9-11-13-15-17-19-20-22-23-25-27-29-31-33-35-42(48)56-37-40(38-57-47-46(52)45(51)44(50)41(59-47)39-60(53,54)55)58-43(49)36-34-32-30-28-26-24-21-18-16-14-12-10-8-6-4-2/h12-15,18,21,26,28,40-41,44-47,50-52H,3-11,16-17,19-20,22-25,27,29-39H2,1-2H3,(H,53,54,55)/b14-12+,15-13+,21-18+,28-26+/t40-,41-,44-,45?,46?,47+/m1/s1. The number of unbranched alkanes of at least 4 members (excludes halogenated alkanes) is 18. The van der Waals surface area contributed by atoms with Crippen molar-refractivity contribution < 1.29 is 56.8 Å². The predicted molar refractivity (Wildman–Crippen MR) is 238 cm³/mol. The van der Waals surface area contributed by atoms with Crippen LogP contribution < -0.4 is 0 Å². The van der Waals surface area contributed by atoms with Crippen LogP contribution in [0.1, 0.15) is 181 Å². The van der Waals surface area contributed by atoms with Gasteiger partial charge in [0.1, 0.15) is 36.8 Å². The van der Waals surface area contributed by atoms with Gasteiger partial charge in [0.05, 0.1) is 6.61 Å². The molecule has 1 aliphatic heterocycles. The highest BCUT2D eigenvalue weighted by Gasteiger charge is 2.46. The van der Waals surface area contributed by atoms with Gasteiger partial charge >= 0.3 is 11.9 Å². The number of carbonyl (C=O) groups excluding carboxylic acids is 2. The van der Waals surface area contributed by atoms with Crippen LogP contribution in [0.2, 0.25) is 0 Å². The molecular weight excluding hydrogens is 789 g/mol. The van der Waals surface area contributed by atoms with Gasteiger partial charge < -0.3 is 34.3 Å². The van der Waals surface area contributed by atoms with Gasteiger partial charge in [0.15, 0.2) is 12.4 Å². The molecule has 0 spiro atoms. The van der Waals surface area contributed by atoms with Crippen molar-refractivity contribution in [1.82, 2.24) is 0 Å². The van der Waals surface area contributed by atoms with Crippen LogP contribution in [0, 0.1) is 0 Å². The van der Waals surface area contributed by atoms with Crippen LogP contribution in [0.5, 0.6) is 0 Å². The average molecular weight is 871 g/mol. The fourth-order valence-corrected chi connectivity index (χ4v) is 7.43. The molecule has 1 aliphatic rings. The smallest absolute Gasteiger partial charge is 0.306 e. The SMILES string of the molecule is CCCCC/C=C/C/C=C/C/C=C/CCCCC(=O)O[C@H](COC(=O)CCCCCCCCCCC/C=C/CCCCCC)CO[C@H]1O[C@H](CS(=O)(=O)O)[C@@H](O)C(O)C1O. The summed E-state index contributed by atoms with van der Waals surface area (Å²) in [7, 11) is -4.61. The van der Waals surface area contributed by atoms with Gasteiger partial charge in [-0.15, -0.1) is 0 Å². The first kappa shape index (κ1) is 55.6. The van der Waals surface area contributed by atoms with E-state index in [-0.39, 0.29) is 19.4 Å². The number of hydrogen-bond donors (Lipinski definition) is 4. The second-order valence-corrected chi connectivity index (χ2v) is 17.6. The van der Waals surface area contributed by atoms with Crippen LogP contribution in [0.4, 0.5) is 0 Å². The van der Waals surface area contributed by atoms with Crippen LogP contribution in [-0.2, 0) is 38.7 Å². The minimum atomic E-state index is -4.61. The minimum Gasteiger partial charge on any atom is -0.462 e. The zero-order valence-electron chi connectivity index (χ0n) is 37.1. The van der Waals surface area contributed by atoms with Gasteiger partial charge in [-0.1, -0.05) is 140 Å². The Morgan fingerprint density at radius 1 is 0.567 bits per heavy atom. The van der Waals surface area contributed by atoms with Gasteiger partial charge in [-0.3, -0.25) is 14.1 Å². The monoisotopic (exact) mass is 871 g/mol. The molecule has 0 radical (unpaired) electrons. The van der Waals surface area contributed by atoms with E-state index < -0.39 is 71.2 Å². The van der Waals surface area contributed by atoms with E-state index in [1.54, 1.807) is 0 Å². The Labute approximate surface area is 363 Å². The van der Waals surface area contributed by atoms with Crippen molar-refractivity contribution in [3.63, 3.8) is 0 Å². The normalized spacial score (nSPS) is 20.5. The maximum Gasteiger partial charge on any atom is 0.306 e. The van der Waals surface area contributed by atoms with Crippen molar-refractivity contribution in [2.75, 3.05) is 19.0 Å². The topological polar surface area (TPSA) is 186 Å². The van der Waals surface area contributed by atoms with Crippen LogP contribution in [0.3, 0.4) is 0 Å². The summed E-state index contributed by atoms with van der Waals surface area (Å²) in [4.78, 5) is 25.4. The third kappa shape index (κ3) is 31.5. The lowest BCUT2D eigenvalue weighted by molar-refractivity contribution is -0.297. The first-order valence-electron chi connectivity index (χ1n) is 23.2. The molecule has 4 N–H and O–H groups in total. The maximum absolute atomic E-state index is 12.8. The van der Waals surface area contributed by atoms with E-state index in [4.69, 9.17) is 18.9 Å². The first-order chi connectivity index (χ1) is 29.0. The highest BCUT2D eigenvalue weighted by molar-refractivity contribution is 7.85. The molecule has 1 fully saturated rings. The summed E-state index contributed by atoms with van der Waals surface area (Å²) in [5.41, 5.74) is 0. The molecule has 0 aliphatic carbocycles. The van der Waals surface area contributed by atoms with E-state index in [2.05, 4.69) is 62.5 Å². The molecule has 6 atom stereocenters. The fourth-order valence-electron chi connectivity index (χ4n) is 6.74. The maximum atomic E-state index is 12.8. The molecule has 0 aromatic rings. The third-order valence-corrected chi connectivity index (χ3v) is 11.1. The predicted octanol–water partition coefficient (Wildman–Crippen LogP) is 9.56. The summed E-state index contributed by atoms with van der Waals surface area (Å²) in [6, 6.07) is 0. The molecule has 348 valence electrons. The molecular formula is C47H82O12S. The number of esters is 2. The van der Waals surface area contributed by atoms with Gasteiger partial charge in [-0.05, 0) is 77.0 Å². The quantitative estimate of drug-likeness (QED) is 0.0200. The highest BCUT2D eigenvalue weighted by atomic mass is 32.2. The van der Waals surface area contributed by atoms with Crippen LogP contribution in [0.25, 0.3) is 0 Å². The molecule has 13 heteroatoms. The molecule has 1 saturated heterocycles. The molecule has 0 aromatic carbocycles. The van der Waals surface area contributed by atoms with E-state index in [1.165, 1.54) is 89.9 Å². The summed E-state index contributed by atoms with van der Waals surface area (Å²) in [5.74, 6) is -2.04. The average Bonchev–Trinajstić information content (AvgIpc) is 3.21. The number of aliphatic hydroxyl groups excluding tert-OH is 3. The number of aliphatic hydroxyl groups is 3. The molecule has 12 nitrogen and oxygen atoms in total. The number of ether oxygens (including phenoxy) is 4. The van der Waals surface area contributed by atoms with E-state index in [9.17, 15) is 37.9 Å². The summed E-state index contributed by atoms with van der Waals surface area (Å²) in [5, 5.41) is 30.9. The second kappa shape index (κ2) is 37.2. The van der Waals surface area contributed by atoms with Crippen molar-refractivity contribution in [3.8, 4) is 0 Å². The van der Waals surface area contributed by atoms with Gasteiger partial charge in [0.2, 0.25) is 0 Å². The number of rotatable bonds is 38. The van der Waals surface area contributed by atoms with Crippen LogP contribution in [-0.4, -0.2) is 96.0 Å². The highest BCUT2D eigenvalue weighted by Crippen LogP contribution is 2.24. The lowest BCUT2D eigenvalue weighted by atomic mass is 10.00. The Morgan fingerprint density at radius 3 is 1.57 bits per heavy atom. The Hall–Kier alpha value is -2.39. The number of carbonyl (C=O) groups is 2. The lowest BCUT2D eigenvalue weighted by Crippen LogP contribution is -2.60. The molecule has 1 rings (SSSR count). The molecule has 0 aromatic heterocycles. The van der Waals surface area contributed by atoms with E-state index in [1.807, 2.05) is 0 Å². The molecule has 0 saturated carbocycles.